The summed E-state index contributed by atoms with van der Waals surface area (Å²) in [5.74, 6) is 0.0740. The highest BCUT2D eigenvalue weighted by Crippen LogP contribution is 2.25. The minimum absolute atomic E-state index is 0.0356. The lowest BCUT2D eigenvalue weighted by atomic mass is 9.94. The predicted octanol–water partition coefficient (Wildman–Crippen LogP) is 2.58. The van der Waals surface area contributed by atoms with Crippen molar-refractivity contribution in [3.8, 4) is 5.75 Å². The number of ether oxygens (including phenoxy) is 1. The first-order valence-corrected chi connectivity index (χ1v) is 4.91. The fourth-order valence-corrected chi connectivity index (χ4v) is 1.70. The highest BCUT2D eigenvalue weighted by molar-refractivity contribution is 5.68. The smallest absolute Gasteiger partial charge is 0.303 e. The summed E-state index contributed by atoms with van der Waals surface area (Å²) in [5, 5.41) is 8.71. The van der Waals surface area contributed by atoms with E-state index in [1.807, 2.05) is 32.0 Å². The van der Waals surface area contributed by atoms with Crippen LogP contribution in [0, 0.1) is 6.92 Å². The maximum absolute atomic E-state index is 10.6. The Morgan fingerprint density at radius 3 is 2.67 bits per heavy atom. The Balaban J connectivity index is 2.90. The molecule has 0 aliphatic rings. The SMILES string of the molecule is COc1ccc([C@H](C)CC(=O)O)c(C)c1. The standard InChI is InChI=1S/C12H16O3/c1-8-6-10(15-3)4-5-11(8)9(2)7-12(13)14/h4-6,9H,7H2,1-3H3,(H,13,14)/t9-/m1/s1. The Hall–Kier alpha value is -1.51. The highest BCUT2D eigenvalue weighted by Gasteiger charge is 2.12. The van der Waals surface area contributed by atoms with Crippen LogP contribution in [-0.4, -0.2) is 18.2 Å². The molecule has 1 aromatic carbocycles. The van der Waals surface area contributed by atoms with Crippen molar-refractivity contribution in [3.63, 3.8) is 0 Å². The minimum Gasteiger partial charge on any atom is -0.497 e. The number of carboxylic acids is 1. The third-order valence-corrected chi connectivity index (χ3v) is 2.49. The third kappa shape index (κ3) is 2.98. The second-order valence-corrected chi connectivity index (χ2v) is 3.72. The number of hydrogen-bond acceptors (Lipinski definition) is 2. The topological polar surface area (TPSA) is 46.5 Å². The van der Waals surface area contributed by atoms with Gasteiger partial charge in [-0.25, -0.2) is 0 Å². The molecule has 3 heteroatoms. The molecular weight excluding hydrogens is 192 g/mol. The molecule has 0 spiro atoms. The van der Waals surface area contributed by atoms with Crippen LogP contribution < -0.4 is 4.74 Å². The number of aryl methyl sites for hydroxylation is 1. The van der Waals surface area contributed by atoms with Gasteiger partial charge >= 0.3 is 5.97 Å². The van der Waals surface area contributed by atoms with Gasteiger partial charge in [-0.2, -0.15) is 0 Å². The first kappa shape index (κ1) is 11.6. The van der Waals surface area contributed by atoms with E-state index in [9.17, 15) is 4.79 Å². The molecule has 3 nitrogen and oxygen atoms in total. The van der Waals surface area contributed by atoms with Crippen LogP contribution in [0.5, 0.6) is 5.75 Å². The molecule has 0 unspecified atom stereocenters. The van der Waals surface area contributed by atoms with Gasteiger partial charge in [0.1, 0.15) is 5.75 Å². The van der Waals surface area contributed by atoms with Crippen LogP contribution in [0.15, 0.2) is 18.2 Å². The molecule has 0 fully saturated rings. The van der Waals surface area contributed by atoms with Gasteiger partial charge in [-0.15, -0.1) is 0 Å². The van der Waals surface area contributed by atoms with E-state index >= 15 is 0 Å². The summed E-state index contributed by atoms with van der Waals surface area (Å²) in [7, 11) is 1.62. The Labute approximate surface area is 89.7 Å². The minimum atomic E-state index is -0.766. The zero-order valence-corrected chi connectivity index (χ0v) is 9.28. The summed E-state index contributed by atoms with van der Waals surface area (Å²) in [4.78, 5) is 10.6. The number of carboxylic acid groups (broad SMARTS) is 1. The normalized spacial score (nSPS) is 12.2. The number of rotatable bonds is 4. The average molecular weight is 208 g/mol. The molecular formula is C12H16O3. The molecule has 1 N–H and O–H groups in total. The van der Waals surface area contributed by atoms with Gasteiger partial charge in [0.15, 0.2) is 0 Å². The quantitative estimate of drug-likeness (QED) is 0.827. The molecule has 0 saturated carbocycles. The largest absolute Gasteiger partial charge is 0.497 e. The highest BCUT2D eigenvalue weighted by atomic mass is 16.5. The molecule has 0 aliphatic heterocycles. The van der Waals surface area contributed by atoms with E-state index in [2.05, 4.69) is 0 Å². The van der Waals surface area contributed by atoms with Crippen molar-refractivity contribution in [2.75, 3.05) is 7.11 Å². The van der Waals surface area contributed by atoms with Crippen LogP contribution in [0.2, 0.25) is 0 Å². The summed E-state index contributed by atoms with van der Waals surface area (Å²) >= 11 is 0. The predicted molar refractivity (Wildman–Crippen MR) is 58.4 cm³/mol. The molecule has 0 aliphatic carbocycles. The van der Waals surface area contributed by atoms with E-state index in [0.717, 1.165) is 16.9 Å². The van der Waals surface area contributed by atoms with E-state index in [-0.39, 0.29) is 12.3 Å². The van der Waals surface area contributed by atoms with Gasteiger partial charge in [0.25, 0.3) is 0 Å². The number of benzene rings is 1. The van der Waals surface area contributed by atoms with Gasteiger partial charge in [-0.1, -0.05) is 13.0 Å². The van der Waals surface area contributed by atoms with Crippen LogP contribution >= 0.6 is 0 Å². The zero-order chi connectivity index (χ0) is 11.4. The summed E-state index contributed by atoms with van der Waals surface area (Å²) in [6.45, 7) is 3.89. The molecule has 0 amide bonds. The van der Waals surface area contributed by atoms with Crippen molar-refractivity contribution in [1.29, 1.82) is 0 Å². The summed E-state index contributed by atoms with van der Waals surface area (Å²) < 4.78 is 5.09. The number of hydrogen-bond donors (Lipinski definition) is 1. The fraction of sp³-hybridized carbons (Fsp3) is 0.417. The van der Waals surface area contributed by atoms with Crippen molar-refractivity contribution >= 4 is 5.97 Å². The maximum Gasteiger partial charge on any atom is 0.303 e. The van der Waals surface area contributed by atoms with Gasteiger partial charge < -0.3 is 9.84 Å². The van der Waals surface area contributed by atoms with Crippen molar-refractivity contribution in [1.82, 2.24) is 0 Å². The molecule has 1 aromatic rings. The molecule has 15 heavy (non-hydrogen) atoms. The molecule has 82 valence electrons. The number of aliphatic carboxylic acids is 1. The van der Waals surface area contributed by atoms with E-state index in [1.165, 1.54) is 0 Å². The second-order valence-electron chi connectivity index (χ2n) is 3.72. The van der Waals surface area contributed by atoms with Gasteiger partial charge in [0.05, 0.1) is 13.5 Å². The van der Waals surface area contributed by atoms with Crippen LogP contribution in [0.25, 0.3) is 0 Å². The lowest BCUT2D eigenvalue weighted by Crippen LogP contribution is -2.04. The zero-order valence-electron chi connectivity index (χ0n) is 9.28. The first-order valence-electron chi connectivity index (χ1n) is 4.91. The Morgan fingerprint density at radius 2 is 2.20 bits per heavy atom. The molecule has 1 rings (SSSR count). The van der Waals surface area contributed by atoms with Crippen molar-refractivity contribution in [2.45, 2.75) is 26.2 Å². The third-order valence-electron chi connectivity index (χ3n) is 2.49. The Morgan fingerprint density at radius 1 is 1.53 bits per heavy atom. The molecule has 0 radical (unpaired) electrons. The Kier molecular flexibility index (Phi) is 3.72. The summed E-state index contributed by atoms with van der Waals surface area (Å²) in [5.41, 5.74) is 2.14. The lowest BCUT2D eigenvalue weighted by molar-refractivity contribution is -0.137. The second kappa shape index (κ2) is 4.82. The molecule has 0 aromatic heterocycles. The van der Waals surface area contributed by atoms with Crippen molar-refractivity contribution in [2.24, 2.45) is 0 Å². The number of carbonyl (C=O) groups is 1. The Bertz CT molecular complexity index is 358. The number of methoxy groups -OCH3 is 1. The van der Waals surface area contributed by atoms with Crippen molar-refractivity contribution < 1.29 is 14.6 Å². The molecule has 0 heterocycles. The van der Waals surface area contributed by atoms with E-state index in [1.54, 1.807) is 7.11 Å². The molecule has 0 bridgehead atoms. The monoisotopic (exact) mass is 208 g/mol. The average Bonchev–Trinajstić information content (AvgIpc) is 2.16. The van der Waals surface area contributed by atoms with Crippen LogP contribution in [-0.2, 0) is 4.79 Å². The van der Waals surface area contributed by atoms with E-state index < -0.39 is 5.97 Å². The van der Waals surface area contributed by atoms with Crippen LogP contribution in [0.1, 0.15) is 30.4 Å². The molecule has 1 atom stereocenters. The lowest BCUT2D eigenvalue weighted by Gasteiger charge is -2.13. The fourth-order valence-electron chi connectivity index (χ4n) is 1.70. The van der Waals surface area contributed by atoms with Gasteiger partial charge in [-0.05, 0) is 36.1 Å². The van der Waals surface area contributed by atoms with Gasteiger partial charge in [-0.3, -0.25) is 4.79 Å². The van der Waals surface area contributed by atoms with Gasteiger partial charge in [0.2, 0.25) is 0 Å². The van der Waals surface area contributed by atoms with Crippen molar-refractivity contribution in [3.05, 3.63) is 29.3 Å². The first-order chi connectivity index (χ1) is 7.04. The van der Waals surface area contributed by atoms with Crippen LogP contribution in [0.4, 0.5) is 0 Å². The van der Waals surface area contributed by atoms with Crippen LogP contribution in [0.3, 0.4) is 0 Å². The summed E-state index contributed by atoms with van der Waals surface area (Å²) in [6, 6.07) is 5.72. The summed E-state index contributed by atoms with van der Waals surface area (Å²) in [6.07, 6.45) is 0.160. The van der Waals surface area contributed by atoms with E-state index in [4.69, 9.17) is 9.84 Å². The van der Waals surface area contributed by atoms with Gasteiger partial charge in [0, 0.05) is 0 Å². The van der Waals surface area contributed by atoms with E-state index in [0.29, 0.717) is 0 Å². The maximum atomic E-state index is 10.6. The molecule has 0 saturated heterocycles.